The van der Waals surface area contributed by atoms with Crippen molar-refractivity contribution in [1.29, 1.82) is 0 Å². The maximum Gasteiger partial charge on any atom is 0.143 e. The van der Waals surface area contributed by atoms with Gasteiger partial charge >= 0.3 is 0 Å². The monoisotopic (exact) mass is 272 g/mol. The van der Waals surface area contributed by atoms with Crippen molar-refractivity contribution in [2.75, 3.05) is 11.1 Å². The molecule has 1 aromatic carbocycles. The summed E-state index contributed by atoms with van der Waals surface area (Å²) in [5.74, 6) is -0.431. The first-order chi connectivity index (χ1) is 8.58. The molecule has 0 spiro atoms. The molecule has 0 bridgehead atoms. The number of halogens is 2. The van der Waals surface area contributed by atoms with E-state index in [-0.39, 0.29) is 5.02 Å². The molecule has 0 aromatic heterocycles. The molecule has 0 aliphatic carbocycles. The molecule has 1 aromatic rings. The third-order valence-electron chi connectivity index (χ3n) is 3.00. The van der Waals surface area contributed by atoms with Crippen LogP contribution in [0.25, 0.3) is 0 Å². The molecule has 0 fully saturated rings. The number of nitrogens with two attached hydrogens (primary N) is 1. The van der Waals surface area contributed by atoms with Crippen LogP contribution in [0.5, 0.6) is 0 Å². The van der Waals surface area contributed by atoms with Gasteiger partial charge in [0.2, 0.25) is 0 Å². The molecule has 4 heteroatoms. The zero-order valence-electron chi connectivity index (χ0n) is 11.1. The van der Waals surface area contributed by atoms with Gasteiger partial charge < -0.3 is 11.1 Å². The van der Waals surface area contributed by atoms with Crippen molar-refractivity contribution in [3.8, 4) is 0 Å². The lowest BCUT2D eigenvalue weighted by atomic mass is 10.0. The van der Waals surface area contributed by atoms with Gasteiger partial charge in [0, 0.05) is 12.1 Å². The van der Waals surface area contributed by atoms with E-state index in [0.717, 1.165) is 32.1 Å². The summed E-state index contributed by atoms with van der Waals surface area (Å²) in [5, 5.41) is 3.40. The molecule has 0 saturated carbocycles. The molecule has 1 atom stereocenters. The summed E-state index contributed by atoms with van der Waals surface area (Å²) in [6, 6.07) is 3.19. The van der Waals surface area contributed by atoms with Crippen LogP contribution in [0, 0.1) is 5.82 Å². The largest absolute Gasteiger partial charge is 0.397 e. The minimum Gasteiger partial charge on any atom is -0.397 e. The van der Waals surface area contributed by atoms with E-state index in [2.05, 4.69) is 19.2 Å². The van der Waals surface area contributed by atoms with E-state index in [9.17, 15) is 4.39 Å². The Kier molecular flexibility index (Phi) is 6.27. The lowest BCUT2D eigenvalue weighted by Crippen LogP contribution is -2.20. The van der Waals surface area contributed by atoms with E-state index < -0.39 is 5.82 Å². The Labute approximate surface area is 114 Å². The number of anilines is 2. The number of nitrogen functional groups attached to an aromatic ring is 1. The van der Waals surface area contributed by atoms with Crippen LogP contribution in [0.2, 0.25) is 5.02 Å². The predicted octanol–water partition coefficient (Wildman–Crippen LogP) is 4.83. The Morgan fingerprint density at radius 3 is 2.61 bits per heavy atom. The minimum atomic E-state index is -0.431. The summed E-state index contributed by atoms with van der Waals surface area (Å²) >= 11 is 5.68. The normalized spacial score (nSPS) is 12.4. The van der Waals surface area contributed by atoms with Gasteiger partial charge in [0.1, 0.15) is 5.82 Å². The van der Waals surface area contributed by atoms with E-state index in [1.54, 1.807) is 0 Å². The molecule has 0 amide bonds. The van der Waals surface area contributed by atoms with Crippen molar-refractivity contribution in [2.45, 2.75) is 52.0 Å². The van der Waals surface area contributed by atoms with Gasteiger partial charge in [-0.15, -0.1) is 0 Å². The van der Waals surface area contributed by atoms with E-state index in [0.29, 0.717) is 17.4 Å². The first kappa shape index (κ1) is 15.1. The molecule has 18 heavy (non-hydrogen) atoms. The summed E-state index contributed by atoms with van der Waals surface area (Å²) in [5.41, 5.74) is 6.99. The van der Waals surface area contributed by atoms with Crippen LogP contribution in [0.15, 0.2) is 12.1 Å². The maximum atomic E-state index is 13.4. The van der Waals surface area contributed by atoms with Gasteiger partial charge in [0.15, 0.2) is 0 Å². The van der Waals surface area contributed by atoms with E-state index in [1.807, 2.05) is 0 Å². The topological polar surface area (TPSA) is 38.0 Å². The average molecular weight is 273 g/mol. The van der Waals surface area contributed by atoms with E-state index in [1.165, 1.54) is 12.1 Å². The third kappa shape index (κ3) is 4.37. The average Bonchev–Trinajstić information content (AvgIpc) is 2.33. The second kappa shape index (κ2) is 7.47. The van der Waals surface area contributed by atoms with Gasteiger partial charge in [-0.3, -0.25) is 0 Å². The van der Waals surface area contributed by atoms with Gasteiger partial charge in [-0.25, -0.2) is 4.39 Å². The van der Waals surface area contributed by atoms with Gasteiger partial charge in [-0.2, -0.15) is 0 Å². The Morgan fingerprint density at radius 1 is 1.28 bits per heavy atom. The summed E-state index contributed by atoms with van der Waals surface area (Å²) in [6.07, 6.45) is 5.55. The molecular formula is C14H22ClFN2. The standard InChI is InChI=1S/C14H22ClFN2/c1-3-5-7-10(6-4-2)18-14-9-12(16)11(15)8-13(14)17/h8-10,18H,3-7,17H2,1-2H3. The number of rotatable bonds is 7. The molecule has 0 saturated heterocycles. The molecular weight excluding hydrogens is 251 g/mol. The summed E-state index contributed by atoms with van der Waals surface area (Å²) in [6.45, 7) is 4.31. The highest BCUT2D eigenvalue weighted by atomic mass is 35.5. The molecule has 0 heterocycles. The second-order valence-corrected chi connectivity index (χ2v) is 5.03. The Balaban J connectivity index is 2.76. The van der Waals surface area contributed by atoms with E-state index >= 15 is 0 Å². The number of nitrogens with one attached hydrogen (secondary N) is 1. The van der Waals surface area contributed by atoms with Crippen LogP contribution in [-0.4, -0.2) is 6.04 Å². The van der Waals surface area contributed by atoms with Gasteiger partial charge in [-0.1, -0.05) is 44.7 Å². The van der Waals surface area contributed by atoms with Crippen LogP contribution in [0.4, 0.5) is 15.8 Å². The van der Waals surface area contributed by atoms with Crippen LogP contribution in [0.1, 0.15) is 46.0 Å². The summed E-state index contributed by atoms with van der Waals surface area (Å²) in [7, 11) is 0. The Morgan fingerprint density at radius 2 is 2.00 bits per heavy atom. The van der Waals surface area contributed by atoms with Crippen molar-refractivity contribution in [3.05, 3.63) is 23.0 Å². The number of hydrogen-bond donors (Lipinski definition) is 2. The van der Waals surface area contributed by atoms with Gasteiger partial charge in [0.25, 0.3) is 0 Å². The fraction of sp³-hybridized carbons (Fsp3) is 0.571. The highest BCUT2D eigenvalue weighted by Crippen LogP contribution is 2.27. The van der Waals surface area contributed by atoms with Gasteiger partial charge in [0.05, 0.1) is 16.4 Å². The maximum absolute atomic E-state index is 13.4. The fourth-order valence-electron chi connectivity index (χ4n) is 1.99. The lowest BCUT2D eigenvalue weighted by molar-refractivity contribution is 0.563. The van der Waals surface area contributed by atoms with Crippen molar-refractivity contribution >= 4 is 23.0 Å². The van der Waals surface area contributed by atoms with Gasteiger partial charge in [-0.05, 0) is 18.9 Å². The first-order valence-corrected chi connectivity index (χ1v) is 6.97. The second-order valence-electron chi connectivity index (χ2n) is 4.63. The third-order valence-corrected chi connectivity index (χ3v) is 3.28. The van der Waals surface area contributed by atoms with Crippen LogP contribution in [0.3, 0.4) is 0 Å². The first-order valence-electron chi connectivity index (χ1n) is 6.59. The molecule has 1 unspecified atom stereocenters. The highest BCUT2D eigenvalue weighted by molar-refractivity contribution is 6.31. The van der Waals surface area contributed by atoms with Crippen LogP contribution < -0.4 is 11.1 Å². The molecule has 102 valence electrons. The van der Waals surface area contributed by atoms with Crippen LogP contribution >= 0.6 is 11.6 Å². The fourth-order valence-corrected chi connectivity index (χ4v) is 2.17. The number of unbranched alkanes of at least 4 members (excludes halogenated alkanes) is 1. The predicted molar refractivity (Wildman–Crippen MR) is 77.7 cm³/mol. The quantitative estimate of drug-likeness (QED) is 0.698. The molecule has 0 aliphatic rings. The zero-order chi connectivity index (χ0) is 13.5. The molecule has 2 nitrogen and oxygen atoms in total. The van der Waals surface area contributed by atoms with Crippen molar-refractivity contribution in [2.24, 2.45) is 0 Å². The lowest BCUT2D eigenvalue weighted by Gasteiger charge is -2.20. The minimum absolute atomic E-state index is 0.0682. The Bertz CT molecular complexity index is 382. The molecule has 0 aliphatic heterocycles. The summed E-state index contributed by atoms with van der Waals surface area (Å²) < 4.78 is 13.4. The molecule has 3 N–H and O–H groups in total. The number of benzene rings is 1. The van der Waals surface area contributed by atoms with Crippen LogP contribution in [-0.2, 0) is 0 Å². The zero-order valence-corrected chi connectivity index (χ0v) is 11.9. The van der Waals surface area contributed by atoms with Crippen molar-refractivity contribution < 1.29 is 4.39 Å². The van der Waals surface area contributed by atoms with Crippen molar-refractivity contribution in [3.63, 3.8) is 0 Å². The smallest absolute Gasteiger partial charge is 0.143 e. The Hall–Kier alpha value is -0.960. The van der Waals surface area contributed by atoms with Crippen molar-refractivity contribution in [1.82, 2.24) is 0 Å². The van der Waals surface area contributed by atoms with E-state index in [4.69, 9.17) is 17.3 Å². The highest BCUT2D eigenvalue weighted by Gasteiger charge is 2.11. The summed E-state index contributed by atoms with van der Waals surface area (Å²) in [4.78, 5) is 0. The molecule has 1 rings (SSSR count). The number of hydrogen-bond acceptors (Lipinski definition) is 2. The molecule has 0 radical (unpaired) electrons. The SMILES string of the molecule is CCCCC(CCC)Nc1cc(F)c(Cl)cc1N.